The van der Waals surface area contributed by atoms with Gasteiger partial charge in [-0.15, -0.1) is 0 Å². The first kappa shape index (κ1) is 15.9. The third kappa shape index (κ3) is 2.52. The number of nitrogens with zero attached hydrogens (tertiary/aromatic N) is 2. The van der Waals surface area contributed by atoms with Crippen molar-refractivity contribution in [2.75, 3.05) is 18.4 Å². The second-order valence-corrected chi connectivity index (χ2v) is 7.19. The van der Waals surface area contributed by atoms with Gasteiger partial charge in [0.05, 0.1) is 16.6 Å². The van der Waals surface area contributed by atoms with E-state index in [1.165, 1.54) is 0 Å². The maximum absolute atomic E-state index is 12.7. The highest BCUT2D eigenvalue weighted by atomic mass is 16.4. The van der Waals surface area contributed by atoms with Crippen molar-refractivity contribution in [2.24, 2.45) is 11.3 Å². The molecular formula is C19H21N3O3. The fraction of sp³-hybridized carbons (Fsp3) is 0.421. The van der Waals surface area contributed by atoms with E-state index in [4.69, 9.17) is 0 Å². The van der Waals surface area contributed by atoms with E-state index in [0.29, 0.717) is 18.7 Å². The molecule has 1 saturated heterocycles. The molecule has 2 aromatic rings. The van der Waals surface area contributed by atoms with Crippen LogP contribution in [-0.4, -0.2) is 40.1 Å². The van der Waals surface area contributed by atoms with Crippen LogP contribution in [0.2, 0.25) is 0 Å². The molecule has 6 heteroatoms. The molecule has 2 amide bonds. The summed E-state index contributed by atoms with van der Waals surface area (Å²) in [5, 5.41) is 13.6. The van der Waals surface area contributed by atoms with Crippen molar-refractivity contribution in [2.45, 2.75) is 26.2 Å². The number of aryl methyl sites for hydroxylation is 1. The summed E-state index contributed by atoms with van der Waals surface area (Å²) in [6.07, 6.45) is 2.47. The molecule has 0 unspecified atom stereocenters. The molecule has 1 aliphatic heterocycles. The lowest BCUT2D eigenvalue weighted by Gasteiger charge is -2.23. The normalized spacial score (nSPS) is 25.2. The first-order valence-electron chi connectivity index (χ1n) is 8.65. The maximum Gasteiger partial charge on any atom is 0.321 e. The maximum atomic E-state index is 12.7. The standard InChI is InChI=1S/C19H21N3O3/c1-12-7-8-13-4-2-6-15(16(13)20-12)21-18(25)22-10-14-5-3-9-19(14,11-22)17(23)24/h2,4,6-8,14H,3,5,9-11H2,1H3,(H,21,25)(H,23,24)/t14-,19+/m0/s1. The Labute approximate surface area is 145 Å². The van der Waals surface area contributed by atoms with Crippen LogP contribution in [0.15, 0.2) is 30.3 Å². The number of urea groups is 1. The average molecular weight is 339 g/mol. The molecule has 1 aliphatic carbocycles. The average Bonchev–Trinajstić information content (AvgIpc) is 3.13. The van der Waals surface area contributed by atoms with Gasteiger partial charge in [-0.3, -0.25) is 9.78 Å². The summed E-state index contributed by atoms with van der Waals surface area (Å²) >= 11 is 0. The van der Waals surface area contributed by atoms with Gasteiger partial charge < -0.3 is 15.3 Å². The minimum atomic E-state index is -0.771. The summed E-state index contributed by atoms with van der Waals surface area (Å²) in [5.41, 5.74) is 1.54. The Morgan fingerprint density at radius 3 is 2.92 bits per heavy atom. The van der Waals surface area contributed by atoms with Crippen LogP contribution in [0.3, 0.4) is 0 Å². The van der Waals surface area contributed by atoms with Gasteiger partial charge in [0, 0.05) is 24.2 Å². The van der Waals surface area contributed by atoms with Gasteiger partial charge in [0.2, 0.25) is 0 Å². The summed E-state index contributed by atoms with van der Waals surface area (Å²) < 4.78 is 0. The lowest BCUT2D eigenvalue weighted by atomic mass is 9.81. The van der Waals surface area contributed by atoms with Crippen molar-refractivity contribution in [3.63, 3.8) is 0 Å². The lowest BCUT2D eigenvalue weighted by molar-refractivity contribution is -0.149. The van der Waals surface area contributed by atoms with E-state index < -0.39 is 11.4 Å². The van der Waals surface area contributed by atoms with Crippen molar-refractivity contribution in [1.29, 1.82) is 0 Å². The molecule has 2 atom stereocenters. The van der Waals surface area contributed by atoms with E-state index >= 15 is 0 Å². The Morgan fingerprint density at radius 1 is 1.32 bits per heavy atom. The number of fused-ring (bicyclic) bond motifs is 2. The summed E-state index contributed by atoms with van der Waals surface area (Å²) in [6, 6.07) is 9.34. The number of carbonyl (C=O) groups excluding carboxylic acids is 1. The number of hydrogen-bond donors (Lipinski definition) is 2. The number of anilines is 1. The van der Waals surface area contributed by atoms with E-state index in [9.17, 15) is 14.7 Å². The zero-order valence-corrected chi connectivity index (χ0v) is 14.2. The minimum Gasteiger partial charge on any atom is -0.481 e. The number of amides is 2. The number of aromatic nitrogens is 1. The zero-order chi connectivity index (χ0) is 17.6. The predicted octanol–water partition coefficient (Wildman–Crippen LogP) is 3.26. The number of para-hydroxylation sites is 1. The van der Waals surface area contributed by atoms with Crippen LogP contribution in [0.25, 0.3) is 10.9 Å². The Kier molecular flexibility index (Phi) is 3.63. The van der Waals surface area contributed by atoms with Gasteiger partial charge in [0.15, 0.2) is 0 Å². The molecular weight excluding hydrogens is 318 g/mol. The molecule has 2 aliphatic rings. The van der Waals surface area contributed by atoms with Gasteiger partial charge in [-0.1, -0.05) is 24.6 Å². The number of carboxylic acid groups (broad SMARTS) is 1. The zero-order valence-electron chi connectivity index (χ0n) is 14.2. The fourth-order valence-electron chi connectivity index (χ4n) is 4.33. The van der Waals surface area contributed by atoms with Crippen LogP contribution in [-0.2, 0) is 4.79 Å². The quantitative estimate of drug-likeness (QED) is 0.880. The minimum absolute atomic E-state index is 0.0589. The number of carboxylic acids is 1. The molecule has 130 valence electrons. The van der Waals surface area contributed by atoms with Crippen molar-refractivity contribution in [3.05, 3.63) is 36.0 Å². The van der Waals surface area contributed by atoms with E-state index in [-0.39, 0.29) is 18.5 Å². The number of pyridine rings is 1. The van der Waals surface area contributed by atoms with E-state index in [1.54, 1.807) is 4.90 Å². The van der Waals surface area contributed by atoms with E-state index in [1.807, 2.05) is 37.3 Å². The summed E-state index contributed by atoms with van der Waals surface area (Å²) in [4.78, 5) is 30.7. The van der Waals surface area contributed by atoms with Crippen molar-refractivity contribution < 1.29 is 14.7 Å². The molecule has 1 saturated carbocycles. The van der Waals surface area contributed by atoms with Gasteiger partial charge in [-0.25, -0.2) is 4.79 Å². The van der Waals surface area contributed by atoms with Crippen LogP contribution in [0.1, 0.15) is 25.0 Å². The molecule has 4 rings (SSSR count). The molecule has 6 nitrogen and oxygen atoms in total. The van der Waals surface area contributed by atoms with Gasteiger partial charge >= 0.3 is 12.0 Å². The Hall–Kier alpha value is -2.63. The van der Waals surface area contributed by atoms with Gasteiger partial charge in [-0.05, 0) is 37.8 Å². The Bertz CT molecular complexity index is 866. The number of rotatable bonds is 2. The van der Waals surface area contributed by atoms with Crippen LogP contribution >= 0.6 is 0 Å². The van der Waals surface area contributed by atoms with Crippen molar-refractivity contribution in [3.8, 4) is 0 Å². The van der Waals surface area contributed by atoms with Crippen molar-refractivity contribution in [1.82, 2.24) is 9.88 Å². The van der Waals surface area contributed by atoms with Gasteiger partial charge in [0.25, 0.3) is 0 Å². The van der Waals surface area contributed by atoms with Crippen LogP contribution < -0.4 is 5.32 Å². The van der Waals surface area contributed by atoms with E-state index in [0.717, 1.165) is 29.4 Å². The second kappa shape index (κ2) is 5.72. The Balaban J connectivity index is 1.58. The highest BCUT2D eigenvalue weighted by Crippen LogP contribution is 2.49. The largest absolute Gasteiger partial charge is 0.481 e. The highest BCUT2D eigenvalue weighted by molar-refractivity contribution is 6.00. The lowest BCUT2D eigenvalue weighted by Crippen LogP contribution is -2.38. The molecule has 0 radical (unpaired) electrons. The number of likely N-dealkylation sites (tertiary alicyclic amines) is 1. The number of hydrogen-bond acceptors (Lipinski definition) is 3. The molecule has 0 bridgehead atoms. The third-order valence-electron chi connectivity index (χ3n) is 5.68. The summed E-state index contributed by atoms with van der Waals surface area (Å²) in [6.45, 7) is 2.71. The Morgan fingerprint density at radius 2 is 2.16 bits per heavy atom. The smallest absolute Gasteiger partial charge is 0.321 e. The number of carbonyl (C=O) groups is 2. The SMILES string of the molecule is Cc1ccc2cccc(NC(=O)N3C[C@@H]4CCC[C@@]4(C(=O)O)C3)c2n1. The molecule has 0 spiro atoms. The van der Waals surface area contributed by atoms with Crippen LogP contribution in [0, 0.1) is 18.3 Å². The van der Waals surface area contributed by atoms with Gasteiger partial charge in [-0.2, -0.15) is 0 Å². The number of benzene rings is 1. The van der Waals surface area contributed by atoms with Gasteiger partial charge in [0.1, 0.15) is 0 Å². The monoisotopic (exact) mass is 339 g/mol. The second-order valence-electron chi connectivity index (χ2n) is 7.19. The highest BCUT2D eigenvalue weighted by Gasteiger charge is 2.55. The summed E-state index contributed by atoms with van der Waals surface area (Å²) in [5.74, 6) is -0.712. The number of aliphatic carboxylic acids is 1. The predicted molar refractivity (Wildman–Crippen MR) is 94.5 cm³/mol. The molecule has 2 heterocycles. The molecule has 2 fully saturated rings. The van der Waals surface area contributed by atoms with Crippen LogP contribution in [0.4, 0.5) is 10.5 Å². The van der Waals surface area contributed by atoms with Crippen LogP contribution in [0.5, 0.6) is 0 Å². The first-order valence-corrected chi connectivity index (χ1v) is 8.65. The number of nitrogens with one attached hydrogen (secondary N) is 1. The summed E-state index contributed by atoms with van der Waals surface area (Å²) in [7, 11) is 0. The molecule has 25 heavy (non-hydrogen) atoms. The molecule has 2 N–H and O–H groups in total. The molecule has 1 aromatic heterocycles. The third-order valence-corrected chi connectivity index (χ3v) is 5.68. The fourth-order valence-corrected chi connectivity index (χ4v) is 4.33. The molecule has 1 aromatic carbocycles. The topological polar surface area (TPSA) is 82.5 Å². The van der Waals surface area contributed by atoms with Crippen molar-refractivity contribution >= 4 is 28.6 Å². The van der Waals surface area contributed by atoms with E-state index in [2.05, 4.69) is 10.3 Å². The first-order chi connectivity index (χ1) is 12.0.